The number of hydrogen-bond donors (Lipinski definition) is 1. The van der Waals surface area contributed by atoms with Crippen LogP contribution < -0.4 is 0 Å². The number of hydrogen-bond acceptors (Lipinski definition) is 1. The van der Waals surface area contributed by atoms with E-state index in [0.29, 0.717) is 10.8 Å². The highest BCUT2D eigenvalue weighted by Crippen LogP contribution is 2.70. The Morgan fingerprint density at radius 2 is 1.50 bits per heavy atom. The Balaban J connectivity index is 1.76. The van der Waals surface area contributed by atoms with Gasteiger partial charge in [0, 0.05) is 0 Å². The van der Waals surface area contributed by atoms with Crippen LogP contribution in [0.3, 0.4) is 0 Å². The maximum Gasteiger partial charge on any atom is 0.0620 e. The van der Waals surface area contributed by atoms with E-state index in [-0.39, 0.29) is 5.60 Å². The van der Waals surface area contributed by atoms with Crippen molar-refractivity contribution >= 4 is 0 Å². The SMILES string of the molecule is CC1(O)CCC([C@@H]2C[C@H]3CC[C@]2(C)C3(C)C)CC1. The lowest BCUT2D eigenvalue weighted by molar-refractivity contribution is -0.0229. The Bertz CT molecular complexity index is 334. The molecule has 0 amide bonds. The van der Waals surface area contributed by atoms with Crippen molar-refractivity contribution in [2.45, 2.75) is 78.2 Å². The second-order valence-electron chi connectivity index (χ2n) is 8.55. The summed E-state index contributed by atoms with van der Waals surface area (Å²) >= 11 is 0. The monoisotopic (exact) mass is 250 g/mol. The lowest BCUT2D eigenvalue weighted by Crippen LogP contribution is -2.39. The van der Waals surface area contributed by atoms with Gasteiger partial charge in [0.15, 0.2) is 0 Å². The Morgan fingerprint density at radius 1 is 0.889 bits per heavy atom. The molecule has 0 radical (unpaired) electrons. The normalized spacial score (nSPS) is 54.8. The van der Waals surface area contributed by atoms with Crippen molar-refractivity contribution < 1.29 is 5.11 Å². The van der Waals surface area contributed by atoms with Gasteiger partial charge in [-0.05, 0) is 80.5 Å². The summed E-state index contributed by atoms with van der Waals surface area (Å²) in [7, 11) is 0. The fraction of sp³-hybridized carbons (Fsp3) is 1.00. The molecule has 3 atom stereocenters. The third-order valence-corrected chi connectivity index (χ3v) is 7.54. The summed E-state index contributed by atoms with van der Waals surface area (Å²) in [5.74, 6) is 2.79. The van der Waals surface area contributed by atoms with E-state index in [1.807, 2.05) is 6.92 Å². The van der Waals surface area contributed by atoms with E-state index in [2.05, 4.69) is 20.8 Å². The predicted molar refractivity (Wildman–Crippen MR) is 75.3 cm³/mol. The summed E-state index contributed by atoms with van der Waals surface area (Å²) in [4.78, 5) is 0. The maximum atomic E-state index is 10.1. The molecule has 1 nitrogen and oxygen atoms in total. The van der Waals surface area contributed by atoms with Crippen LogP contribution in [0.15, 0.2) is 0 Å². The maximum absolute atomic E-state index is 10.1. The van der Waals surface area contributed by atoms with Crippen molar-refractivity contribution in [3.63, 3.8) is 0 Å². The van der Waals surface area contributed by atoms with Crippen molar-refractivity contribution in [3.05, 3.63) is 0 Å². The molecule has 0 saturated heterocycles. The number of aliphatic hydroxyl groups is 1. The highest BCUT2D eigenvalue weighted by molar-refractivity contribution is 5.11. The Morgan fingerprint density at radius 3 is 1.94 bits per heavy atom. The molecule has 3 rings (SSSR count). The van der Waals surface area contributed by atoms with Gasteiger partial charge in [-0.25, -0.2) is 0 Å². The average molecular weight is 250 g/mol. The summed E-state index contributed by atoms with van der Waals surface area (Å²) in [6.07, 6.45) is 8.94. The molecule has 0 aliphatic heterocycles. The van der Waals surface area contributed by atoms with E-state index >= 15 is 0 Å². The second kappa shape index (κ2) is 3.75. The molecule has 0 aromatic heterocycles. The summed E-state index contributed by atoms with van der Waals surface area (Å²) in [6.45, 7) is 9.63. The molecule has 0 heterocycles. The average Bonchev–Trinajstić information content (AvgIpc) is 2.61. The number of fused-ring (bicyclic) bond motifs is 2. The van der Waals surface area contributed by atoms with E-state index in [9.17, 15) is 5.11 Å². The molecule has 3 saturated carbocycles. The minimum Gasteiger partial charge on any atom is -0.390 e. The van der Waals surface area contributed by atoms with Gasteiger partial charge >= 0.3 is 0 Å². The number of rotatable bonds is 1. The van der Waals surface area contributed by atoms with Gasteiger partial charge in [0.25, 0.3) is 0 Å². The van der Waals surface area contributed by atoms with Gasteiger partial charge in [-0.15, -0.1) is 0 Å². The van der Waals surface area contributed by atoms with Crippen LogP contribution in [0.25, 0.3) is 0 Å². The third-order valence-electron chi connectivity index (χ3n) is 7.54. The van der Waals surface area contributed by atoms with Gasteiger partial charge in [-0.2, -0.15) is 0 Å². The Kier molecular flexibility index (Phi) is 2.70. The fourth-order valence-corrected chi connectivity index (χ4v) is 5.64. The first-order valence-corrected chi connectivity index (χ1v) is 7.99. The van der Waals surface area contributed by atoms with Gasteiger partial charge in [0.1, 0.15) is 0 Å². The molecule has 0 aromatic rings. The zero-order valence-electron chi connectivity index (χ0n) is 12.6. The summed E-state index contributed by atoms with van der Waals surface area (Å²) < 4.78 is 0. The van der Waals surface area contributed by atoms with Crippen LogP contribution in [0.1, 0.15) is 72.6 Å². The first-order valence-electron chi connectivity index (χ1n) is 7.99. The van der Waals surface area contributed by atoms with Crippen molar-refractivity contribution in [1.82, 2.24) is 0 Å². The van der Waals surface area contributed by atoms with Crippen LogP contribution in [0, 0.1) is 28.6 Å². The summed E-state index contributed by atoms with van der Waals surface area (Å²) in [5, 5.41) is 10.1. The van der Waals surface area contributed by atoms with Crippen molar-refractivity contribution in [2.75, 3.05) is 0 Å². The van der Waals surface area contributed by atoms with E-state index < -0.39 is 0 Å². The standard InChI is InChI=1S/C17H30O/c1-15(2)13-7-10-17(15,4)14(11-13)12-5-8-16(3,18)9-6-12/h12-14,18H,5-11H2,1-4H3/t12?,13-,14+,16?,17+/m1/s1. The van der Waals surface area contributed by atoms with Gasteiger partial charge in [0.2, 0.25) is 0 Å². The minimum atomic E-state index is -0.370. The lowest BCUT2D eigenvalue weighted by Gasteiger charge is -2.45. The molecule has 0 spiro atoms. The minimum absolute atomic E-state index is 0.370. The van der Waals surface area contributed by atoms with Crippen LogP contribution >= 0.6 is 0 Å². The van der Waals surface area contributed by atoms with Gasteiger partial charge in [-0.1, -0.05) is 20.8 Å². The van der Waals surface area contributed by atoms with Crippen molar-refractivity contribution in [2.24, 2.45) is 28.6 Å². The lowest BCUT2D eigenvalue weighted by atomic mass is 9.60. The van der Waals surface area contributed by atoms with Gasteiger partial charge in [0.05, 0.1) is 5.60 Å². The molecule has 3 aliphatic rings. The topological polar surface area (TPSA) is 20.2 Å². The van der Waals surface area contributed by atoms with E-state index in [1.165, 1.54) is 32.1 Å². The van der Waals surface area contributed by atoms with Crippen LogP contribution in [0.5, 0.6) is 0 Å². The van der Waals surface area contributed by atoms with Crippen LogP contribution in [0.4, 0.5) is 0 Å². The fourth-order valence-electron chi connectivity index (χ4n) is 5.64. The van der Waals surface area contributed by atoms with Crippen LogP contribution in [0.2, 0.25) is 0 Å². The van der Waals surface area contributed by atoms with Gasteiger partial charge < -0.3 is 5.11 Å². The molecule has 104 valence electrons. The molecule has 0 aromatic carbocycles. The zero-order chi connectivity index (χ0) is 13.2. The molecule has 2 bridgehead atoms. The van der Waals surface area contributed by atoms with E-state index in [0.717, 1.165) is 30.6 Å². The van der Waals surface area contributed by atoms with Crippen LogP contribution in [-0.2, 0) is 0 Å². The van der Waals surface area contributed by atoms with E-state index in [1.54, 1.807) is 0 Å². The molecular weight excluding hydrogens is 220 g/mol. The largest absolute Gasteiger partial charge is 0.390 e. The van der Waals surface area contributed by atoms with Crippen LogP contribution in [-0.4, -0.2) is 10.7 Å². The highest BCUT2D eigenvalue weighted by Gasteiger charge is 2.62. The third kappa shape index (κ3) is 1.62. The van der Waals surface area contributed by atoms with Crippen molar-refractivity contribution in [3.8, 4) is 0 Å². The van der Waals surface area contributed by atoms with E-state index in [4.69, 9.17) is 0 Å². The van der Waals surface area contributed by atoms with Crippen molar-refractivity contribution in [1.29, 1.82) is 0 Å². The molecule has 18 heavy (non-hydrogen) atoms. The zero-order valence-corrected chi connectivity index (χ0v) is 12.6. The second-order valence-corrected chi connectivity index (χ2v) is 8.55. The van der Waals surface area contributed by atoms with Gasteiger partial charge in [-0.3, -0.25) is 0 Å². The first-order chi connectivity index (χ1) is 8.26. The molecular formula is C17H30O. The molecule has 3 aliphatic carbocycles. The first kappa shape index (κ1) is 13.0. The smallest absolute Gasteiger partial charge is 0.0620 e. The summed E-state index contributed by atoms with van der Waals surface area (Å²) in [6, 6.07) is 0. The Hall–Kier alpha value is -0.0400. The Labute approximate surface area is 112 Å². The highest BCUT2D eigenvalue weighted by atomic mass is 16.3. The molecule has 0 unspecified atom stereocenters. The quantitative estimate of drug-likeness (QED) is 0.732. The molecule has 3 fully saturated rings. The summed E-state index contributed by atoms with van der Waals surface area (Å²) in [5.41, 5.74) is 0.758. The molecule has 1 heteroatoms. The molecule has 1 N–H and O–H groups in total. The predicted octanol–water partition coefficient (Wildman–Crippen LogP) is 4.39.